The fourth-order valence-electron chi connectivity index (χ4n) is 2.85. The molecule has 120 valence electrons. The maximum atomic E-state index is 5.60. The fraction of sp³-hybridized carbons (Fsp3) is 0.588. The van der Waals surface area contributed by atoms with E-state index in [4.69, 9.17) is 9.47 Å². The third-order valence-electron chi connectivity index (χ3n) is 4.16. The summed E-state index contributed by atoms with van der Waals surface area (Å²) in [4.78, 5) is 0. The molecule has 1 N–H and O–H groups in total. The fourth-order valence-corrected chi connectivity index (χ4v) is 2.85. The van der Waals surface area contributed by atoms with Crippen molar-refractivity contribution in [3.8, 4) is 5.75 Å². The molecule has 5 heteroatoms. The molecule has 5 nitrogen and oxygen atoms in total. The number of methoxy groups -OCH3 is 2. The lowest BCUT2D eigenvalue weighted by molar-refractivity contribution is 0.189. The topological polar surface area (TPSA) is 48.3 Å². The number of nitrogens with one attached hydrogen (secondary N) is 1. The minimum absolute atomic E-state index is 0.704. The van der Waals surface area contributed by atoms with Crippen molar-refractivity contribution in [1.82, 2.24) is 15.1 Å². The molecule has 1 saturated carbocycles. The number of rotatable bonds is 8. The largest absolute Gasteiger partial charge is 0.496 e. The van der Waals surface area contributed by atoms with Crippen molar-refractivity contribution < 1.29 is 9.47 Å². The van der Waals surface area contributed by atoms with E-state index in [0.29, 0.717) is 6.04 Å². The molecule has 1 aromatic carbocycles. The Morgan fingerprint density at radius 3 is 2.82 bits per heavy atom. The maximum Gasteiger partial charge on any atom is 0.130 e. The van der Waals surface area contributed by atoms with Gasteiger partial charge in [0, 0.05) is 32.8 Å². The zero-order chi connectivity index (χ0) is 15.5. The second-order valence-corrected chi connectivity index (χ2v) is 6.00. The number of ether oxygens (including phenoxy) is 2. The number of aromatic nitrogens is 2. The van der Waals surface area contributed by atoms with Crippen LogP contribution in [-0.4, -0.2) is 36.6 Å². The minimum Gasteiger partial charge on any atom is -0.496 e. The van der Waals surface area contributed by atoms with Crippen LogP contribution in [0.15, 0.2) is 12.1 Å². The van der Waals surface area contributed by atoms with Crippen molar-refractivity contribution in [1.29, 1.82) is 0 Å². The molecule has 0 spiro atoms. The summed E-state index contributed by atoms with van der Waals surface area (Å²) in [5.74, 6) is 0.917. The molecule has 1 aliphatic carbocycles. The second kappa shape index (κ2) is 6.67. The lowest BCUT2D eigenvalue weighted by Crippen LogP contribution is -2.15. The Morgan fingerprint density at radius 2 is 2.14 bits per heavy atom. The highest BCUT2D eigenvalue weighted by Gasteiger charge is 2.21. The summed E-state index contributed by atoms with van der Waals surface area (Å²) < 4.78 is 12.8. The summed E-state index contributed by atoms with van der Waals surface area (Å²) in [5, 5.41) is 9.36. The first-order valence-corrected chi connectivity index (χ1v) is 7.99. The molecule has 0 saturated heterocycles. The van der Waals surface area contributed by atoms with Crippen molar-refractivity contribution in [3.05, 3.63) is 23.4 Å². The molecule has 0 bridgehead atoms. The summed E-state index contributed by atoms with van der Waals surface area (Å²) in [5.41, 5.74) is 3.43. The molecule has 1 aliphatic rings. The normalized spacial score (nSPS) is 14.7. The van der Waals surface area contributed by atoms with Gasteiger partial charge in [0.1, 0.15) is 5.75 Å². The molecular formula is C17H25N3O2. The molecule has 1 aromatic heterocycles. The predicted molar refractivity (Wildman–Crippen MR) is 87.4 cm³/mol. The molecule has 0 amide bonds. The maximum absolute atomic E-state index is 5.60. The van der Waals surface area contributed by atoms with Crippen LogP contribution in [0.2, 0.25) is 0 Å². The molecule has 3 rings (SSSR count). The minimum atomic E-state index is 0.704. The van der Waals surface area contributed by atoms with Crippen LogP contribution < -0.4 is 10.1 Å². The first-order valence-electron chi connectivity index (χ1n) is 7.99. The lowest BCUT2D eigenvalue weighted by Gasteiger charge is -2.09. The number of nitrogens with zero attached hydrogens (tertiary/aromatic N) is 2. The quantitative estimate of drug-likeness (QED) is 0.762. The van der Waals surface area contributed by atoms with E-state index < -0.39 is 0 Å². The average molecular weight is 303 g/mol. The van der Waals surface area contributed by atoms with Gasteiger partial charge in [-0.2, -0.15) is 5.10 Å². The summed E-state index contributed by atoms with van der Waals surface area (Å²) in [6.45, 7) is 4.54. The molecule has 1 heterocycles. The van der Waals surface area contributed by atoms with Gasteiger partial charge in [0.15, 0.2) is 0 Å². The van der Waals surface area contributed by atoms with Crippen LogP contribution in [0.5, 0.6) is 5.75 Å². The third kappa shape index (κ3) is 3.25. The van der Waals surface area contributed by atoms with E-state index in [-0.39, 0.29) is 0 Å². The van der Waals surface area contributed by atoms with Gasteiger partial charge in [0.05, 0.1) is 23.7 Å². The Bertz CT molecular complexity index is 647. The first-order chi connectivity index (χ1) is 10.7. The van der Waals surface area contributed by atoms with Crippen LogP contribution in [0, 0.1) is 6.92 Å². The summed E-state index contributed by atoms with van der Waals surface area (Å²) >= 11 is 0. The number of aryl methyl sites for hydroxylation is 2. The van der Waals surface area contributed by atoms with Gasteiger partial charge in [0.25, 0.3) is 0 Å². The van der Waals surface area contributed by atoms with Crippen molar-refractivity contribution in [2.75, 3.05) is 20.8 Å². The van der Waals surface area contributed by atoms with Crippen LogP contribution in [0.25, 0.3) is 10.9 Å². The van der Waals surface area contributed by atoms with Crippen molar-refractivity contribution in [2.45, 2.75) is 45.3 Å². The number of hydrogen-bond donors (Lipinski definition) is 1. The molecule has 1 fully saturated rings. The third-order valence-corrected chi connectivity index (χ3v) is 4.16. The number of fused-ring (bicyclic) bond motifs is 1. The molecular weight excluding hydrogens is 278 g/mol. The Balaban J connectivity index is 1.91. The molecule has 0 unspecified atom stereocenters. The summed E-state index contributed by atoms with van der Waals surface area (Å²) in [7, 11) is 3.46. The van der Waals surface area contributed by atoms with E-state index in [1.165, 1.54) is 18.4 Å². The van der Waals surface area contributed by atoms with Gasteiger partial charge in [-0.25, -0.2) is 0 Å². The van der Waals surface area contributed by atoms with Crippen LogP contribution in [0.4, 0.5) is 0 Å². The smallest absolute Gasteiger partial charge is 0.130 e. The van der Waals surface area contributed by atoms with Crippen molar-refractivity contribution in [2.24, 2.45) is 0 Å². The molecule has 2 aromatic rings. The lowest BCUT2D eigenvalue weighted by atomic mass is 10.1. The van der Waals surface area contributed by atoms with E-state index in [9.17, 15) is 0 Å². The van der Waals surface area contributed by atoms with E-state index in [0.717, 1.165) is 48.5 Å². The Labute approximate surface area is 131 Å². The van der Waals surface area contributed by atoms with Crippen LogP contribution in [0.3, 0.4) is 0 Å². The van der Waals surface area contributed by atoms with Crippen LogP contribution in [-0.2, 0) is 17.8 Å². The van der Waals surface area contributed by atoms with E-state index in [1.807, 2.05) is 6.92 Å². The van der Waals surface area contributed by atoms with Gasteiger partial charge >= 0.3 is 0 Å². The van der Waals surface area contributed by atoms with Crippen LogP contribution >= 0.6 is 0 Å². The van der Waals surface area contributed by atoms with Crippen LogP contribution in [0.1, 0.15) is 30.5 Å². The second-order valence-electron chi connectivity index (χ2n) is 6.00. The van der Waals surface area contributed by atoms with Gasteiger partial charge in [-0.05, 0) is 43.9 Å². The van der Waals surface area contributed by atoms with Crippen molar-refractivity contribution in [3.63, 3.8) is 0 Å². The zero-order valence-electron chi connectivity index (χ0n) is 13.7. The zero-order valence-corrected chi connectivity index (χ0v) is 13.7. The SMILES string of the molecule is COCCCn1nc(C)c2c(OC)cc(CNC3CC3)cc21. The Hall–Kier alpha value is -1.59. The van der Waals surface area contributed by atoms with Gasteiger partial charge in [-0.15, -0.1) is 0 Å². The van der Waals surface area contributed by atoms with Gasteiger partial charge < -0.3 is 14.8 Å². The predicted octanol–water partition coefficient (Wildman–Crippen LogP) is 2.64. The molecule has 0 atom stereocenters. The molecule has 0 radical (unpaired) electrons. The average Bonchev–Trinajstić information content (AvgIpc) is 3.30. The highest BCUT2D eigenvalue weighted by molar-refractivity contribution is 5.89. The number of hydrogen-bond acceptors (Lipinski definition) is 4. The molecule has 22 heavy (non-hydrogen) atoms. The monoisotopic (exact) mass is 303 g/mol. The highest BCUT2D eigenvalue weighted by Crippen LogP contribution is 2.31. The van der Waals surface area contributed by atoms with E-state index in [2.05, 4.69) is 27.2 Å². The number of benzene rings is 1. The molecule has 0 aliphatic heterocycles. The summed E-state index contributed by atoms with van der Waals surface area (Å²) in [6, 6.07) is 5.07. The van der Waals surface area contributed by atoms with Gasteiger partial charge in [-0.1, -0.05) is 0 Å². The van der Waals surface area contributed by atoms with Crippen molar-refractivity contribution >= 4 is 10.9 Å². The van der Waals surface area contributed by atoms with Gasteiger partial charge in [-0.3, -0.25) is 4.68 Å². The van der Waals surface area contributed by atoms with E-state index >= 15 is 0 Å². The van der Waals surface area contributed by atoms with Gasteiger partial charge in [0.2, 0.25) is 0 Å². The Kier molecular flexibility index (Phi) is 4.64. The Morgan fingerprint density at radius 1 is 1.32 bits per heavy atom. The first kappa shape index (κ1) is 15.3. The standard InChI is InChI=1S/C17H25N3O2/c1-12-17-15(20(19-12)7-4-8-21-2)9-13(10-16(17)22-3)11-18-14-5-6-14/h9-10,14,18H,4-8,11H2,1-3H3. The van der Waals surface area contributed by atoms with E-state index in [1.54, 1.807) is 14.2 Å². The summed E-state index contributed by atoms with van der Waals surface area (Å²) in [6.07, 6.45) is 3.56. The highest BCUT2D eigenvalue weighted by atomic mass is 16.5.